The number of nitrogens with zero attached hydrogens (tertiary/aromatic N) is 2. The Morgan fingerprint density at radius 2 is 1.71 bits per heavy atom. The van der Waals surface area contributed by atoms with Crippen molar-refractivity contribution in [2.75, 3.05) is 26.2 Å². The molecule has 0 saturated carbocycles. The monoisotopic (exact) mass is 299 g/mol. The summed E-state index contributed by atoms with van der Waals surface area (Å²) < 4.78 is 0. The number of carboxylic acid groups (broad SMARTS) is 1. The molecule has 0 aromatic rings. The van der Waals surface area contributed by atoms with Gasteiger partial charge >= 0.3 is 12.0 Å². The molecular formula is C15H29N3O3. The largest absolute Gasteiger partial charge is 0.480 e. The van der Waals surface area contributed by atoms with E-state index in [1.165, 1.54) is 0 Å². The summed E-state index contributed by atoms with van der Waals surface area (Å²) in [6.45, 7) is 12.8. The van der Waals surface area contributed by atoms with Crippen molar-refractivity contribution >= 4 is 12.0 Å². The number of piperazine rings is 1. The van der Waals surface area contributed by atoms with Crippen molar-refractivity contribution in [2.24, 2.45) is 5.41 Å². The molecular weight excluding hydrogens is 270 g/mol. The highest BCUT2D eigenvalue weighted by atomic mass is 16.4. The van der Waals surface area contributed by atoms with Crippen LogP contribution < -0.4 is 5.32 Å². The molecule has 1 aliphatic heterocycles. The van der Waals surface area contributed by atoms with Crippen molar-refractivity contribution in [1.29, 1.82) is 0 Å². The lowest BCUT2D eigenvalue weighted by molar-refractivity contribution is -0.142. The van der Waals surface area contributed by atoms with Crippen LogP contribution in [0.2, 0.25) is 0 Å². The third-order valence-electron chi connectivity index (χ3n) is 4.20. The van der Waals surface area contributed by atoms with Gasteiger partial charge < -0.3 is 15.3 Å². The maximum Gasteiger partial charge on any atom is 0.326 e. The van der Waals surface area contributed by atoms with E-state index < -0.39 is 17.4 Å². The van der Waals surface area contributed by atoms with E-state index in [0.717, 1.165) is 19.5 Å². The van der Waals surface area contributed by atoms with E-state index in [1.54, 1.807) is 4.90 Å². The van der Waals surface area contributed by atoms with Crippen molar-refractivity contribution in [3.05, 3.63) is 0 Å². The molecule has 122 valence electrons. The van der Waals surface area contributed by atoms with Crippen molar-refractivity contribution in [3.8, 4) is 0 Å². The molecule has 1 heterocycles. The summed E-state index contributed by atoms with van der Waals surface area (Å²) in [6.07, 6.45) is 1.09. The number of hydrogen-bond donors (Lipinski definition) is 2. The number of rotatable bonds is 4. The molecule has 0 spiro atoms. The number of aliphatic carboxylic acids is 1. The zero-order valence-corrected chi connectivity index (χ0v) is 13.8. The van der Waals surface area contributed by atoms with E-state index in [2.05, 4.69) is 24.1 Å². The van der Waals surface area contributed by atoms with Crippen molar-refractivity contribution in [3.63, 3.8) is 0 Å². The van der Waals surface area contributed by atoms with E-state index >= 15 is 0 Å². The molecule has 0 bridgehead atoms. The Morgan fingerprint density at radius 3 is 2.10 bits per heavy atom. The van der Waals surface area contributed by atoms with Gasteiger partial charge in [0, 0.05) is 32.2 Å². The predicted octanol–water partition coefficient (Wildman–Crippen LogP) is 1.61. The number of carbonyl (C=O) groups is 2. The van der Waals surface area contributed by atoms with E-state index in [4.69, 9.17) is 0 Å². The van der Waals surface area contributed by atoms with Crippen molar-refractivity contribution < 1.29 is 14.7 Å². The Morgan fingerprint density at radius 1 is 1.19 bits per heavy atom. The molecule has 21 heavy (non-hydrogen) atoms. The minimum atomic E-state index is -0.992. The summed E-state index contributed by atoms with van der Waals surface area (Å²) in [5, 5.41) is 11.9. The second kappa shape index (κ2) is 7.11. The predicted molar refractivity (Wildman–Crippen MR) is 82.3 cm³/mol. The summed E-state index contributed by atoms with van der Waals surface area (Å²) in [4.78, 5) is 27.6. The first-order chi connectivity index (χ1) is 9.66. The van der Waals surface area contributed by atoms with Crippen LogP contribution in [0.25, 0.3) is 0 Å². The van der Waals surface area contributed by atoms with Gasteiger partial charge in [-0.2, -0.15) is 0 Å². The van der Waals surface area contributed by atoms with Crippen molar-refractivity contribution in [1.82, 2.24) is 15.1 Å². The van der Waals surface area contributed by atoms with Crippen LogP contribution in [-0.2, 0) is 4.79 Å². The molecule has 1 rings (SSSR count). The molecule has 0 radical (unpaired) electrons. The second-order valence-electron chi connectivity index (χ2n) is 6.87. The van der Waals surface area contributed by atoms with Gasteiger partial charge in [0.25, 0.3) is 0 Å². The zero-order valence-electron chi connectivity index (χ0n) is 13.8. The number of carbonyl (C=O) groups excluding carboxylic acids is 1. The van der Waals surface area contributed by atoms with E-state index in [9.17, 15) is 14.7 Å². The van der Waals surface area contributed by atoms with E-state index in [0.29, 0.717) is 19.1 Å². The number of hydrogen-bond acceptors (Lipinski definition) is 3. The van der Waals surface area contributed by atoms with Gasteiger partial charge in [-0.15, -0.1) is 0 Å². The van der Waals surface area contributed by atoms with E-state index in [1.807, 2.05) is 20.8 Å². The van der Waals surface area contributed by atoms with Gasteiger partial charge in [0.05, 0.1) is 0 Å². The highest BCUT2D eigenvalue weighted by Gasteiger charge is 2.34. The van der Waals surface area contributed by atoms with Gasteiger partial charge in [-0.1, -0.05) is 27.7 Å². The highest BCUT2D eigenvalue weighted by Crippen LogP contribution is 2.20. The fourth-order valence-corrected chi connectivity index (χ4v) is 2.49. The SMILES string of the molecule is CCC(C)N1CCN(C(=O)N[C@@H](C(=O)O)C(C)(C)C)CC1. The molecule has 1 unspecified atom stereocenters. The second-order valence-corrected chi connectivity index (χ2v) is 6.87. The van der Waals surface area contributed by atoms with Crippen LogP contribution >= 0.6 is 0 Å². The molecule has 0 aliphatic carbocycles. The summed E-state index contributed by atoms with van der Waals surface area (Å²) >= 11 is 0. The maximum absolute atomic E-state index is 12.2. The first-order valence-corrected chi connectivity index (χ1v) is 7.69. The Labute approximate surface area is 127 Å². The van der Waals surface area contributed by atoms with Gasteiger partial charge in [-0.05, 0) is 18.8 Å². The Kier molecular flexibility index (Phi) is 6.01. The lowest BCUT2D eigenvalue weighted by atomic mass is 9.87. The minimum absolute atomic E-state index is 0.277. The van der Waals surface area contributed by atoms with Crippen LogP contribution in [0.3, 0.4) is 0 Å². The van der Waals surface area contributed by atoms with Gasteiger partial charge in [-0.25, -0.2) is 9.59 Å². The Hall–Kier alpha value is -1.30. The first kappa shape index (κ1) is 17.8. The Bertz CT molecular complexity index is 371. The van der Waals surface area contributed by atoms with Gasteiger partial charge in [0.2, 0.25) is 0 Å². The Balaban J connectivity index is 2.56. The molecule has 1 aliphatic rings. The average Bonchev–Trinajstić information content (AvgIpc) is 2.42. The molecule has 2 amide bonds. The summed E-state index contributed by atoms with van der Waals surface area (Å²) in [5.41, 5.74) is -0.514. The van der Waals surface area contributed by atoms with Crippen molar-refractivity contribution in [2.45, 2.75) is 53.1 Å². The van der Waals surface area contributed by atoms with Crippen LogP contribution in [0, 0.1) is 5.41 Å². The summed E-state index contributed by atoms with van der Waals surface area (Å²) in [6, 6.07) is -0.629. The van der Waals surface area contributed by atoms with Crippen LogP contribution in [0.1, 0.15) is 41.0 Å². The normalized spacial score (nSPS) is 20.0. The minimum Gasteiger partial charge on any atom is -0.480 e. The molecule has 1 saturated heterocycles. The fourth-order valence-electron chi connectivity index (χ4n) is 2.49. The van der Waals surface area contributed by atoms with E-state index in [-0.39, 0.29) is 6.03 Å². The van der Waals surface area contributed by atoms with Crippen LogP contribution in [0.15, 0.2) is 0 Å². The van der Waals surface area contributed by atoms with Crippen LogP contribution in [0.4, 0.5) is 4.79 Å². The lowest BCUT2D eigenvalue weighted by Crippen LogP contribution is -2.58. The average molecular weight is 299 g/mol. The zero-order chi connectivity index (χ0) is 16.2. The number of carboxylic acids is 1. The quantitative estimate of drug-likeness (QED) is 0.827. The number of urea groups is 1. The third kappa shape index (κ3) is 4.88. The van der Waals surface area contributed by atoms with Crippen LogP contribution in [-0.4, -0.2) is 65.2 Å². The first-order valence-electron chi connectivity index (χ1n) is 7.69. The van der Waals surface area contributed by atoms with Gasteiger partial charge in [0.1, 0.15) is 6.04 Å². The third-order valence-corrected chi connectivity index (χ3v) is 4.20. The summed E-state index contributed by atoms with van der Waals surface area (Å²) in [5.74, 6) is -0.992. The molecule has 2 atom stereocenters. The lowest BCUT2D eigenvalue weighted by Gasteiger charge is -2.39. The molecule has 6 heteroatoms. The summed E-state index contributed by atoms with van der Waals surface area (Å²) in [7, 11) is 0. The van der Waals surface area contributed by atoms with Gasteiger partial charge in [-0.3, -0.25) is 4.90 Å². The maximum atomic E-state index is 12.2. The molecule has 6 nitrogen and oxygen atoms in total. The molecule has 0 aromatic heterocycles. The highest BCUT2D eigenvalue weighted by molar-refractivity contribution is 5.83. The molecule has 1 fully saturated rings. The number of amides is 2. The molecule has 2 N–H and O–H groups in total. The fraction of sp³-hybridized carbons (Fsp3) is 0.867. The molecule has 0 aromatic carbocycles. The topological polar surface area (TPSA) is 72.9 Å². The number of nitrogens with one attached hydrogen (secondary N) is 1. The van der Waals surface area contributed by atoms with Crippen LogP contribution in [0.5, 0.6) is 0 Å². The van der Waals surface area contributed by atoms with Gasteiger partial charge in [0.15, 0.2) is 0 Å². The smallest absolute Gasteiger partial charge is 0.326 e. The standard InChI is InChI=1S/C15H29N3O3/c1-6-11(2)17-7-9-18(10-8-17)14(21)16-12(13(19)20)15(3,4)5/h11-12H,6-10H2,1-5H3,(H,16,21)(H,19,20)/t11?,12-/m0/s1.